The van der Waals surface area contributed by atoms with Gasteiger partial charge in [0.1, 0.15) is 5.65 Å². The molecule has 0 saturated heterocycles. The Morgan fingerprint density at radius 3 is 3.11 bits per heavy atom. The van der Waals surface area contributed by atoms with Crippen molar-refractivity contribution < 1.29 is 0 Å². The molecule has 0 spiro atoms. The second-order valence-corrected chi connectivity index (χ2v) is 4.43. The molecular formula is C14H16N4. The van der Waals surface area contributed by atoms with Crippen molar-refractivity contribution in [2.45, 2.75) is 26.3 Å². The van der Waals surface area contributed by atoms with Gasteiger partial charge in [0.15, 0.2) is 0 Å². The molecule has 0 unspecified atom stereocenters. The first-order valence-corrected chi connectivity index (χ1v) is 5.98. The first kappa shape index (κ1) is 12.2. The van der Waals surface area contributed by atoms with Crippen molar-refractivity contribution >= 4 is 16.7 Å². The number of rotatable bonds is 4. The average molecular weight is 240 g/mol. The van der Waals surface area contributed by atoms with Crippen LogP contribution in [0.5, 0.6) is 0 Å². The predicted octanol–water partition coefficient (Wildman–Crippen LogP) is 3.01. The SMILES string of the molecule is CC(C)Nc1ccnc2[nH]cc(CC=CC#N)c12. The molecule has 4 heteroatoms. The third-order valence-electron chi connectivity index (χ3n) is 2.63. The number of hydrogen-bond donors (Lipinski definition) is 2. The molecule has 2 aromatic heterocycles. The zero-order chi connectivity index (χ0) is 13.0. The summed E-state index contributed by atoms with van der Waals surface area (Å²) in [5.41, 5.74) is 3.10. The van der Waals surface area contributed by atoms with E-state index in [-0.39, 0.29) is 0 Å². The van der Waals surface area contributed by atoms with E-state index in [4.69, 9.17) is 5.26 Å². The molecule has 0 aliphatic carbocycles. The molecule has 2 aromatic rings. The summed E-state index contributed by atoms with van der Waals surface area (Å²) in [5.74, 6) is 0. The molecule has 0 fully saturated rings. The van der Waals surface area contributed by atoms with Gasteiger partial charge in [-0.2, -0.15) is 5.26 Å². The Labute approximate surface area is 106 Å². The highest BCUT2D eigenvalue weighted by Gasteiger charge is 2.09. The maximum Gasteiger partial charge on any atom is 0.139 e. The van der Waals surface area contributed by atoms with E-state index in [1.807, 2.05) is 24.4 Å². The normalized spacial score (nSPS) is 11.2. The Bertz CT molecular complexity index is 602. The lowest BCUT2D eigenvalue weighted by atomic mass is 10.1. The second-order valence-electron chi connectivity index (χ2n) is 4.43. The van der Waals surface area contributed by atoms with Gasteiger partial charge < -0.3 is 10.3 Å². The van der Waals surface area contributed by atoms with E-state index in [2.05, 4.69) is 29.1 Å². The lowest BCUT2D eigenvalue weighted by Crippen LogP contribution is -2.10. The molecule has 0 radical (unpaired) electrons. The maximum absolute atomic E-state index is 8.51. The first-order valence-electron chi connectivity index (χ1n) is 5.98. The molecule has 0 bridgehead atoms. The second kappa shape index (κ2) is 5.37. The van der Waals surface area contributed by atoms with Crippen LogP contribution in [-0.4, -0.2) is 16.0 Å². The smallest absolute Gasteiger partial charge is 0.139 e. The molecule has 0 aliphatic rings. The summed E-state index contributed by atoms with van der Waals surface area (Å²) in [7, 11) is 0. The van der Waals surface area contributed by atoms with Gasteiger partial charge in [0.05, 0.1) is 6.07 Å². The minimum absolute atomic E-state index is 0.369. The van der Waals surface area contributed by atoms with Gasteiger partial charge in [0.25, 0.3) is 0 Å². The number of aromatic nitrogens is 2. The molecule has 92 valence electrons. The van der Waals surface area contributed by atoms with Crippen molar-refractivity contribution in [3.63, 3.8) is 0 Å². The molecule has 0 atom stereocenters. The van der Waals surface area contributed by atoms with Gasteiger partial charge in [0.2, 0.25) is 0 Å². The minimum atomic E-state index is 0.369. The van der Waals surface area contributed by atoms with Crippen molar-refractivity contribution in [3.05, 3.63) is 36.2 Å². The maximum atomic E-state index is 8.51. The molecule has 0 aromatic carbocycles. The summed E-state index contributed by atoms with van der Waals surface area (Å²) in [5, 5.41) is 13.0. The van der Waals surface area contributed by atoms with E-state index in [9.17, 15) is 0 Å². The fourth-order valence-corrected chi connectivity index (χ4v) is 1.95. The largest absolute Gasteiger partial charge is 0.382 e. The van der Waals surface area contributed by atoms with Crippen LogP contribution in [0.1, 0.15) is 19.4 Å². The van der Waals surface area contributed by atoms with E-state index in [0.29, 0.717) is 6.04 Å². The molecule has 0 amide bonds. The van der Waals surface area contributed by atoms with Crippen LogP contribution in [0.2, 0.25) is 0 Å². The summed E-state index contributed by atoms with van der Waals surface area (Å²) < 4.78 is 0. The summed E-state index contributed by atoms with van der Waals surface area (Å²) in [6, 6.07) is 4.35. The topological polar surface area (TPSA) is 64.5 Å². The van der Waals surface area contributed by atoms with Crippen LogP contribution in [0, 0.1) is 11.3 Å². The molecule has 0 saturated carbocycles. The quantitative estimate of drug-likeness (QED) is 0.807. The van der Waals surface area contributed by atoms with Crippen LogP contribution in [0.4, 0.5) is 5.69 Å². The van der Waals surface area contributed by atoms with Crippen LogP contribution in [0.3, 0.4) is 0 Å². The zero-order valence-electron chi connectivity index (χ0n) is 10.6. The van der Waals surface area contributed by atoms with Gasteiger partial charge in [-0.05, 0) is 31.9 Å². The van der Waals surface area contributed by atoms with Crippen molar-refractivity contribution in [2.24, 2.45) is 0 Å². The average Bonchev–Trinajstić information content (AvgIpc) is 2.73. The number of allylic oxidation sites excluding steroid dienone is 2. The first-order chi connectivity index (χ1) is 8.72. The Kier molecular flexibility index (Phi) is 3.63. The van der Waals surface area contributed by atoms with Crippen molar-refractivity contribution in [2.75, 3.05) is 5.32 Å². The standard InChI is InChI=1S/C14H16N4/c1-10(2)18-12-6-8-16-14-13(12)11(9-17-14)5-3-4-7-15/h3-4,6,8-10H,5H2,1-2H3,(H2,16,17,18). The van der Waals surface area contributed by atoms with Crippen LogP contribution in [0.25, 0.3) is 11.0 Å². The molecular weight excluding hydrogens is 224 g/mol. The third-order valence-corrected chi connectivity index (χ3v) is 2.63. The van der Waals surface area contributed by atoms with Gasteiger partial charge in [-0.15, -0.1) is 0 Å². The summed E-state index contributed by atoms with van der Waals surface area (Å²) in [4.78, 5) is 7.47. The Morgan fingerprint density at radius 1 is 1.56 bits per heavy atom. The number of H-pyrrole nitrogens is 1. The lowest BCUT2D eigenvalue weighted by Gasteiger charge is -2.11. The highest BCUT2D eigenvalue weighted by Crippen LogP contribution is 2.26. The van der Waals surface area contributed by atoms with E-state index >= 15 is 0 Å². The van der Waals surface area contributed by atoms with Gasteiger partial charge in [0, 0.05) is 35.6 Å². The molecule has 2 heterocycles. The highest BCUT2D eigenvalue weighted by atomic mass is 14.9. The van der Waals surface area contributed by atoms with Crippen molar-refractivity contribution in [1.29, 1.82) is 5.26 Å². The number of aromatic amines is 1. The van der Waals surface area contributed by atoms with Crippen LogP contribution >= 0.6 is 0 Å². The van der Waals surface area contributed by atoms with Gasteiger partial charge in [-0.25, -0.2) is 4.98 Å². The predicted molar refractivity (Wildman–Crippen MR) is 73.3 cm³/mol. The summed E-state index contributed by atoms with van der Waals surface area (Å²) in [6.45, 7) is 4.21. The summed E-state index contributed by atoms with van der Waals surface area (Å²) >= 11 is 0. The summed E-state index contributed by atoms with van der Waals surface area (Å²) in [6.07, 6.45) is 7.83. The van der Waals surface area contributed by atoms with Crippen LogP contribution in [0.15, 0.2) is 30.6 Å². The number of nitrogens with zero attached hydrogens (tertiary/aromatic N) is 2. The molecule has 0 aliphatic heterocycles. The van der Waals surface area contributed by atoms with E-state index in [0.717, 1.165) is 28.7 Å². The Hall–Kier alpha value is -2.28. The minimum Gasteiger partial charge on any atom is -0.382 e. The Morgan fingerprint density at radius 2 is 2.39 bits per heavy atom. The van der Waals surface area contributed by atoms with E-state index < -0.39 is 0 Å². The number of nitrogens with one attached hydrogen (secondary N) is 2. The molecule has 2 rings (SSSR count). The number of fused-ring (bicyclic) bond motifs is 1. The van der Waals surface area contributed by atoms with Gasteiger partial charge >= 0.3 is 0 Å². The van der Waals surface area contributed by atoms with E-state index in [1.54, 1.807) is 6.20 Å². The van der Waals surface area contributed by atoms with Crippen molar-refractivity contribution in [1.82, 2.24) is 9.97 Å². The number of anilines is 1. The van der Waals surface area contributed by atoms with Crippen LogP contribution in [-0.2, 0) is 6.42 Å². The molecule has 18 heavy (non-hydrogen) atoms. The lowest BCUT2D eigenvalue weighted by molar-refractivity contribution is 0.901. The third kappa shape index (κ3) is 2.51. The molecule has 4 nitrogen and oxygen atoms in total. The van der Waals surface area contributed by atoms with Gasteiger partial charge in [-0.3, -0.25) is 0 Å². The van der Waals surface area contributed by atoms with Gasteiger partial charge in [-0.1, -0.05) is 6.08 Å². The highest BCUT2D eigenvalue weighted by molar-refractivity contribution is 5.92. The fraction of sp³-hybridized carbons (Fsp3) is 0.286. The van der Waals surface area contributed by atoms with E-state index in [1.165, 1.54) is 6.08 Å². The zero-order valence-corrected chi connectivity index (χ0v) is 10.6. The Balaban J connectivity index is 2.42. The van der Waals surface area contributed by atoms with Crippen LogP contribution < -0.4 is 5.32 Å². The number of nitriles is 1. The molecule has 2 N–H and O–H groups in total. The fourth-order valence-electron chi connectivity index (χ4n) is 1.95. The number of hydrogen-bond acceptors (Lipinski definition) is 3. The van der Waals surface area contributed by atoms with Crippen molar-refractivity contribution in [3.8, 4) is 6.07 Å². The monoisotopic (exact) mass is 240 g/mol. The number of pyridine rings is 1.